The standard InChI is InChI=1S/C28H30F4N6O5S/c1-16-10-19(36-27(39)22-15-35-38(17(22)2)26-23(29)11-18(13-34-26)28(30,31)32)14-33-25(16)21-5-4-20(37-6-8-42-9-7-37)12-24(21)43-44(3,40)41/h5,10-11,13-15,20,24H,4,6-9,12H2,1-3H3,(H,36,39). The largest absolute Gasteiger partial charge is 0.417 e. The summed E-state index contributed by atoms with van der Waals surface area (Å²) < 4.78 is 89.3. The Morgan fingerprint density at radius 3 is 2.48 bits per heavy atom. The van der Waals surface area contributed by atoms with Gasteiger partial charge >= 0.3 is 6.18 Å². The first kappa shape index (κ1) is 31.7. The van der Waals surface area contributed by atoms with Crippen LogP contribution in [0.1, 0.15) is 45.7 Å². The van der Waals surface area contributed by atoms with Crippen molar-refractivity contribution in [2.24, 2.45) is 0 Å². The molecule has 4 heterocycles. The van der Waals surface area contributed by atoms with Crippen molar-refractivity contribution >= 4 is 27.3 Å². The number of ether oxygens (including phenoxy) is 1. The third-order valence-corrected chi connectivity index (χ3v) is 8.09. The summed E-state index contributed by atoms with van der Waals surface area (Å²) in [5.74, 6) is -2.35. The van der Waals surface area contributed by atoms with Crippen molar-refractivity contribution in [3.05, 3.63) is 70.7 Å². The van der Waals surface area contributed by atoms with Crippen LogP contribution in [0.2, 0.25) is 0 Å². The van der Waals surface area contributed by atoms with Crippen molar-refractivity contribution in [2.75, 3.05) is 37.9 Å². The first-order valence-electron chi connectivity index (χ1n) is 13.7. The van der Waals surface area contributed by atoms with Gasteiger partial charge in [0.25, 0.3) is 16.0 Å². The van der Waals surface area contributed by atoms with Crippen LogP contribution in [0.5, 0.6) is 0 Å². The van der Waals surface area contributed by atoms with E-state index >= 15 is 0 Å². The maximum absolute atomic E-state index is 14.5. The van der Waals surface area contributed by atoms with Crippen molar-refractivity contribution < 1.29 is 39.7 Å². The van der Waals surface area contributed by atoms with Crippen molar-refractivity contribution in [3.63, 3.8) is 0 Å². The van der Waals surface area contributed by atoms with Crippen LogP contribution < -0.4 is 5.32 Å². The first-order valence-corrected chi connectivity index (χ1v) is 15.5. The van der Waals surface area contributed by atoms with Gasteiger partial charge in [-0.1, -0.05) is 6.08 Å². The third-order valence-electron chi connectivity index (χ3n) is 7.51. The number of alkyl halides is 3. The number of morpholine rings is 1. The molecule has 5 rings (SSSR count). The van der Waals surface area contributed by atoms with Crippen LogP contribution in [0.4, 0.5) is 23.2 Å². The van der Waals surface area contributed by atoms with E-state index in [9.17, 15) is 30.8 Å². The summed E-state index contributed by atoms with van der Waals surface area (Å²) in [5.41, 5.74) is 1.10. The van der Waals surface area contributed by atoms with E-state index in [0.29, 0.717) is 60.8 Å². The maximum Gasteiger partial charge on any atom is 0.417 e. The van der Waals surface area contributed by atoms with Gasteiger partial charge < -0.3 is 10.1 Å². The van der Waals surface area contributed by atoms with E-state index in [4.69, 9.17) is 8.92 Å². The van der Waals surface area contributed by atoms with Gasteiger partial charge in [0.2, 0.25) is 0 Å². The fourth-order valence-corrected chi connectivity index (χ4v) is 5.99. The second kappa shape index (κ2) is 12.3. The molecular weight excluding hydrogens is 608 g/mol. The van der Waals surface area contributed by atoms with Crippen molar-refractivity contribution in [1.29, 1.82) is 0 Å². The lowest BCUT2D eigenvalue weighted by Gasteiger charge is -2.38. The van der Waals surface area contributed by atoms with Gasteiger partial charge in [-0.05, 0) is 44.4 Å². The molecule has 1 N–H and O–H groups in total. The average molecular weight is 639 g/mol. The zero-order chi connectivity index (χ0) is 31.8. The molecular formula is C28H30F4N6O5S. The predicted molar refractivity (Wildman–Crippen MR) is 151 cm³/mol. The minimum atomic E-state index is -4.77. The van der Waals surface area contributed by atoms with Gasteiger partial charge in [-0.2, -0.15) is 26.7 Å². The zero-order valence-corrected chi connectivity index (χ0v) is 24.9. The molecule has 3 aromatic rings. The number of rotatable bonds is 7. The number of nitrogens with zero attached hydrogens (tertiary/aromatic N) is 5. The Bertz CT molecular complexity index is 1700. The molecule has 3 aromatic heterocycles. The molecule has 0 bridgehead atoms. The fourth-order valence-electron chi connectivity index (χ4n) is 5.39. The lowest BCUT2D eigenvalue weighted by atomic mass is 9.88. The van der Waals surface area contributed by atoms with E-state index in [0.717, 1.165) is 30.2 Å². The fraction of sp³-hybridized carbons (Fsp3) is 0.429. The molecule has 0 aromatic carbocycles. The number of pyridine rings is 2. The Hall–Kier alpha value is -3.73. The Balaban J connectivity index is 1.34. The highest BCUT2D eigenvalue weighted by Crippen LogP contribution is 2.34. The molecule has 2 atom stereocenters. The van der Waals surface area contributed by atoms with Crippen molar-refractivity contribution in [2.45, 2.75) is 45.0 Å². The van der Waals surface area contributed by atoms with Crippen molar-refractivity contribution in [3.8, 4) is 5.82 Å². The quantitative estimate of drug-likeness (QED) is 0.303. The van der Waals surface area contributed by atoms with Gasteiger partial charge in [-0.15, -0.1) is 0 Å². The van der Waals surface area contributed by atoms with Crippen LogP contribution in [0, 0.1) is 19.7 Å². The molecule has 0 spiro atoms. The van der Waals surface area contributed by atoms with E-state index in [2.05, 4.69) is 25.3 Å². The lowest BCUT2D eigenvalue weighted by Crippen LogP contribution is -2.46. The van der Waals surface area contributed by atoms with Crippen molar-refractivity contribution in [1.82, 2.24) is 24.6 Å². The molecule has 2 unspecified atom stereocenters. The van der Waals surface area contributed by atoms with E-state index < -0.39 is 45.5 Å². The Kier molecular flexibility index (Phi) is 8.89. The molecule has 2 aliphatic rings. The molecule has 1 aliphatic heterocycles. The van der Waals surface area contributed by atoms with Gasteiger partial charge in [-0.25, -0.2) is 14.1 Å². The van der Waals surface area contributed by atoms with E-state index in [1.54, 1.807) is 13.0 Å². The number of hydrogen-bond donors (Lipinski definition) is 1. The molecule has 1 fully saturated rings. The number of aryl methyl sites for hydroxylation is 1. The van der Waals surface area contributed by atoms with E-state index in [1.165, 1.54) is 13.1 Å². The van der Waals surface area contributed by atoms with E-state index in [1.807, 2.05) is 6.08 Å². The number of carbonyl (C=O) groups is 1. The van der Waals surface area contributed by atoms with Crippen LogP contribution >= 0.6 is 0 Å². The number of nitrogens with one attached hydrogen (secondary N) is 1. The van der Waals surface area contributed by atoms with E-state index in [-0.39, 0.29) is 17.3 Å². The molecule has 16 heteroatoms. The number of anilines is 1. The summed E-state index contributed by atoms with van der Waals surface area (Å²) in [6.45, 7) is 5.95. The summed E-state index contributed by atoms with van der Waals surface area (Å²) >= 11 is 0. The highest BCUT2D eigenvalue weighted by molar-refractivity contribution is 7.86. The highest BCUT2D eigenvalue weighted by atomic mass is 32.2. The molecule has 1 amide bonds. The van der Waals surface area contributed by atoms with Gasteiger partial charge in [-0.3, -0.25) is 18.9 Å². The minimum Gasteiger partial charge on any atom is -0.379 e. The summed E-state index contributed by atoms with van der Waals surface area (Å²) in [4.78, 5) is 23.4. The number of halogens is 4. The second-order valence-electron chi connectivity index (χ2n) is 10.6. The number of amides is 1. The summed E-state index contributed by atoms with van der Waals surface area (Å²) in [5, 5.41) is 6.64. The SMILES string of the molecule is Cc1cc(NC(=O)c2cnn(-c3ncc(C(F)(F)F)cc3F)c2C)cnc1C1=CCC(N2CCOCC2)CC1OS(C)(=O)=O. The normalized spacial score (nSPS) is 19.9. The smallest absolute Gasteiger partial charge is 0.379 e. The lowest BCUT2D eigenvalue weighted by molar-refractivity contribution is -0.138. The highest BCUT2D eigenvalue weighted by Gasteiger charge is 2.34. The van der Waals surface area contributed by atoms with Gasteiger partial charge in [0.15, 0.2) is 11.6 Å². The van der Waals surface area contributed by atoms with Crippen LogP contribution in [0.15, 0.2) is 36.8 Å². The second-order valence-corrected chi connectivity index (χ2v) is 12.2. The molecule has 236 valence electrons. The van der Waals surface area contributed by atoms with Crippen LogP contribution in [-0.4, -0.2) is 83.7 Å². The molecule has 0 radical (unpaired) electrons. The summed E-state index contributed by atoms with van der Waals surface area (Å²) in [6.07, 6.45) is 1.64. The maximum atomic E-state index is 14.5. The monoisotopic (exact) mass is 638 g/mol. The molecule has 44 heavy (non-hydrogen) atoms. The third kappa shape index (κ3) is 6.98. The van der Waals surface area contributed by atoms with Gasteiger partial charge in [0, 0.05) is 30.9 Å². The molecule has 11 nitrogen and oxygen atoms in total. The minimum absolute atomic E-state index is 0.0404. The number of carbonyl (C=O) groups excluding carboxylic acids is 1. The van der Waals surface area contributed by atoms with Crippen LogP contribution in [0.25, 0.3) is 11.4 Å². The summed E-state index contributed by atoms with van der Waals surface area (Å²) in [7, 11) is -3.77. The zero-order valence-electron chi connectivity index (χ0n) is 24.1. The Morgan fingerprint density at radius 1 is 1.11 bits per heavy atom. The predicted octanol–water partition coefficient (Wildman–Crippen LogP) is 3.91. The van der Waals surface area contributed by atoms with Gasteiger partial charge in [0.1, 0.15) is 6.10 Å². The topological polar surface area (TPSA) is 129 Å². The van der Waals surface area contributed by atoms with Crippen LogP contribution in [-0.2, 0) is 25.2 Å². The molecule has 1 aliphatic carbocycles. The number of aromatic nitrogens is 4. The van der Waals surface area contributed by atoms with Gasteiger partial charge in [0.05, 0.1) is 60.1 Å². The summed E-state index contributed by atoms with van der Waals surface area (Å²) in [6, 6.07) is 2.07. The Labute approximate surface area is 251 Å². The Morgan fingerprint density at radius 2 is 1.84 bits per heavy atom. The average Bonchev–Trinajstić information content (AvgIpc) is 3.33. The first-order chi connectivity index (χ1) is 20.7. The van der Waals surface area contributed by atoms with Crippen LogP contribution in [0.3, 0.4) is 0 Å². The molecule has 1 saturated heterocycles. The molecule has 0 saturated carbocycles. The number of hydrogen-bond acceptors (Lipinski definition) is 9.